The third kappa shape index (κ3) is 2.59. The fourth-order valence-corrected chi connectivity index (χ4v) is 4.79. The van der Waals surface area contributed by atoms with Gasteiger partial charge in [-0.3, -0.25) is 0 Å². The highest BCUT2D eigenvalue weighted by Crippen LogP contribution is 2.57. The maximum absolute atomic E-state index is 13.2. The molecular formula is C26H15BrO5. The zero-order valence-corrected chi connectivity index (χ0v) is 18.1. The number of hydrogen-bond acceptors (Lipinski definition) is 5. The van der Waals surface area contributed by atoms with Crippen molar-refractivity contribution in [1.29, 1.82) is 0 Å². The van der Waals surface area contributed by atoms with Gasteiger partial charge in [-0.25, -0.2) is 4.79 Å². The molecule has 2 aliphatic heterocycles. The topological polar surface area (TPSA) is 76.0 Å². The summed E-state index contributed by atoms with van der Waals surface area (Å²) in [6.07, 6.45) is 0. The van der Waals surface area contributed by atoms with Crippen molar-refractivity contribution in [2.45, 2.75) is 5.60 Å². The summed E-state index contributed by atoms with van der Waals surface area (Å²) in [4.78, 5) is 13.2. The number of carbonyl (C=O) groups is 1. The molecule has 5 nitrogen and oxygen atoms in total. The van der Waals surface area contributed by atoms with Crippen molar-refractivity contribution in [3.05, 3.63) is 106 Å². The number of phenols is 2. The Labute approximate surface area is 191 Å². The van der Waals surface area contributed by atoms with Crippen LogP contribution < -0.4 is 4.74 Å². The first-order valence-corrected chi connectivity index (χ1v) is 10.7. The molecule has 2 aliphatic rings. The molecule has 156 valence electrons. The van der Waals surface area contributed by atoms with Crippen LogP contribution >= 0.6 is 15.9 Å². The van der Waals surface area contributed by atoms with Crippen molar-refractivity contribution in [2.75, 3.05) is 0 Å². The van der Waals surface area contributed by atoms with Gasteiger partial charge < -0.3 is 19.7 Å². The molecule has 4 aromatic rings. The highest BCUT2D eigenvalue weighted by molar-refractivity contribution is 9.10. The van der Waals surface area contributed by atoms with Crippen LogP contribution in [0.2, 0.25) is 0 Å². The van der Waals surface area contributed by atoms with Crippen LogP contribution in [-0.4, -0.2) is 16.2 Å². The number of benzene rings is 4. The molecule has 0 bridgehead atoms. The molecule has 0 fully saturated rings. The molecule has 0 aliphatic carbocycles. The minimum atomic E-state index is -1.24. The standard InChI is InChI=1S/C26H15BrO5/c27-16-4-1-14(2-5-16)15-3-8-20-19(11-15)25(30)32-26(20)21-9-6-17(28)12-23(21)31-24-13-18(29)7-10-22(24)26/h1-13,28-29H. The minimum Gasteiger partial charge on any atom is -0.508 e. The van der Waals surface area contributed by atoms with Crippen LogP contribution in [0.1, 0.15) is 27.0 Å². The summed E-state index contributed by atoms with van der Waals surface area (Å²) in [6.45, 7) is 0. The number of halogens is 1. The second-order valence-electron chi connectivity index (χ2n) is 7.80. The van der Waals surface area contributed by atoms with Gasteiger partial charge in [-0.1, -0.05) is 40.2 Å². The first kappa shape index (κ1) is 19.0. The number of rotatable bonds is 1. The van der Waals surface area contributed by atoms with E-state index in [1.807, 2.05) is 42.5 Å². The molecule has 32 heavy (non-hydrogen) atoms. The Balaban J connectivity index is 1.61. The van der Waals surface area contributed by atoms with Crippen molar-refractivity contribution in [2.24, 2.45) is 0 Å². The van der Waals surface area contributed by atoms with Gasteiger partial charge in [-0.05, 0) is 53.6 Å². The zero-order valence-electron chi connectivity index (χ0n) is 16.5. The van der Waals surface area contributed by atoms with Crippen molar-refractivity contribution in [3.63, 3.8) is 0 Å². The molecule has 0 unspecified atom stereocenters. The summed E-state index contributed by atoms with van der Waals surface area (Å²) in [6, 6.07) is 23.0. The van der Waals surface area contributed by atoms with E-state index in [9.17, 15) is 15.0 Å². The summed E-state index contributed by atoms with van der Waals surface area (Å²) in [5.41, 5.74) is 3.00. The van der Waals surface area contributed by atoms with Crippen molar-refractivity contribution < 1.29 is 24.5 Å². The first-order valence-electron chi connectivity index (χ1n) is 9.94. The maximum atomic E-state index is 13.2. The monoisotopic (exact) mass is 486 g/mol. The summed E-state index contributed by atoms with van der Waals surface area (Å²) in [7, 11) is 0. The van der Waals surface area contributed by atoms with E-state index in [0.717, 1.165) is 15.6 Å². The van der Waals surface area contributed by atoms with E-state index in [1.165, 1.54) is 24.3 Å². The van der Waals surface area contributed by atoms with E-state index in [2.05, 4.69) is 15.9 Å². The molecule has 0 saturated heterocycles. The molecule has 0 aromatic heterocycles. The van der Waals surface area contributed by atoms with Gasteiger partial charge in [0.2, 0.25) is 0 Å². The summed E-state index contributed by atoms with van der Waals surface area (Å²) in [5.74, 6) is 0.329. The number of fused-ring (bicyclic) bond motifs is 6. The zero-order chi connectivity index (χ0) is 22.0. The summed E-state index contributed by atoms with van der Waals surface area (Å²) < 4.78 is 13.1. The predicted octanol–water partition coefficient (Wildman–Crippen LogP) is 6.10. The number of hydrogen-bond donors (Lipinski definition) is 2. The molecule has 0 radical (unpaired) electrons. The molecule has 2 heterocycles. The quantitative estimate of drug-likeness (QED) is 0.318. The van der Waals surface area contributed by atoms with E-state index in [-0.39, 0.29) is 11.5 Å². The van der Waals surface area contributed by atoms with Gasteiger partial charge in [0.15, 0.2) is 5.60 Å². The number of ether oxygens (including phenoxy) is 2. The lowest BCUT2D eigenvalue weighted by atomic mass is 9.77. The molecule has 1 spiro atoms. The Morgan fingerprint density at radius 3 is 1.88 bits per heavy atom. The Kier molecular flexibility index (Phi) is 3.92. The highest BCUT2D eigenvalue weighted by atomic mass is 79.9. The fourth-order valence-electron chi connectivity index (χ4n) is 4.53. The second-order valence-corrected chi connectivity index (χ2v) is 8.72. The number of aromatic hydroxyl groups is 2. The van der Waals surface area contributed by atoms with Crippen molar-refractivity contribution >= 4 is 21.9 Å². The Morgan fingerprint density at radius 1 is 0.688 bits per heavy atom. The lowest BCUT2D eigenvalue weighted by molar-refractivity contribution is 0.0224. The van der Waals surface area contributed by atoms with E-state index in [1.54, 1.807) is 12.1 Å². The van der Waals surface area contributed by atoms with Gasteiger partial charge in [0.05, 0.1) is 5.56 Å². The molecule has 0 saturated carbocycles. The number of esters is 1. The van der Waals surface area contributed by atoms with Gasteiger partial charge in [0.25, 0.3) is 0 Å². The van der Waals surface area contributed by atoms with Crippen molar-refractivity contribution in [1.82, 2.24) is 0 Å². The lowest BCUT2D eigenvalue weighted by Gasteiger charge is -2.36. The maximum Gasteiger partial charge on any atom is 0.340 e. The van der Waals surface area contributed by atoms with Gasteiger partial charge in [0, 0.05) is 33.3 Å². The van der Waals surface area contributed by atoms with Crippen LogP contribution in [0.4, 0.5) is 0 Å². The average Bonchev–Trinajstić information content (AvgIpc) is 3.06. The van der Waals surface area contributed by atoms with Crippen LogP contribution in [0.25, 0.3) is 11.1 Å². The first-order chi connectivity index (χ1) is 15.5. The van der Waals surface area contributed by atoms with Crippen LogP contribution in [0.15, 0.2) is 83.3 Å². The van der Waals surface area contributed by atoms with Crippen LogP contribution in [0.5, 0.6) is 23.0 Å². The number of carbonyl (C=O) groups excluding carboxylic acids is 1. The molecule has 4 aromatic carbocycles. The van der Waals surface area contributed by atoms with Crippen LogP contribution in [0.3, 0.4) is 0 Å². The fraction of sp³-hybridized carbons (Fsp3) is 0.0385. The third-order valence-electron chi connectivity index (χ3n) is 5.95. The second kappa shape index (κ2) is 6.61. The van der Waals surface area contributed by atoms with E-state index < -0.39 is 11.6 Å². The van der Waals surface area contributed by atoms with Gasteiger partial charge in [0.1, 0.15) is 23.0 Å². The van der Waals surface area contributed by atoms with Gasteiger partial charge in [-0.2, -0.15) is 0 Å². The van der Waals surface area contributed by atoms with Crippen LogP contribution in [-0.2, 0) is 10.3 Å². The molecule has 2 N–H and O–H groups in total. The number of phenolic OH excluding ortho intramolecular Hbond substituents is 2. The predicted molar refractivity (Wildman–Crippen MR) is 121 cm³/mol. The SMILES string of the molecule is O=C1OC2(c3ccc(O)cc3Oc3cc(O)ccc32)c2ccc(-c3ccc(Br)cc3)cc21. The van der Waals surface area contributed by atoms with Gasteiger partial charge in [-0.15, -0.1) is 0 Å². The summed E-state index contributed by atoms with van der Waals surface area (Å²) >= 11 is 3.44. The van der Waals surface area contributed by atoms with Crippen molar-refractivity contribution in [3.8, 4) is 34.1 Å². The lowest BCUT2D eigenvalue weighted by Crippen LogP contribution is -2.32. The molecule has 0 atom stereocenters. The van der Waals surface area contributed by atoms with E-state index in [0.29, 0.717) is 33.8 Å². The van der Waals surface area contributed by atoms with Gasteiger partial charge >= 0.3 is 5.97 Å². The van der Waals surface area contributed by atoms with E-state index in [4.69, 9.17) is 9.47 Å². The third-order valence-corrected chi connectivity index (χ3v) is 6.48. The largest absolute Gasteiger partial charge is 0.508 e. The Morgan fingerprint density at radius 2 is 1.25 bits per heavy atom. The molecule has 6 heteroatoms. The van der Waals surface area contributed by atoms with E-state index >= 15 is 0 Å². The Bertz CT molecular complexity index is 1370. The average molecular weight is 487 g/mol. The highest BCUT2D eigenvalue weighted by Gasteiger charge is 2.53. The normalized spacial score (nSPS) is 14.8. The molecule has 6 rings (SSSR count). The molecular weight excluding hydrogens is 472 g/mol. The smallest absolute Gasteiger partial charge is 0.340 e. The molecule has 0 amide bonds. The Hall–Kier alpha value is -3.77. The minimum absolute atomic E-state index is 0.0256. The summed E-state index contributed by atoms with van der Waals surface area (Å²) in [5, 5.41) is 20.0. The van der Waals surface area contributed by atoms with Crippen LogP contribution in [0, 0.1) is 0 Å².